The second kappa shape index (κ2) is 8.95. The number of hydrogen-bond donors (Lipinski definition) is 2. The van der Waals surface area contributed by atoms with Crippen LogP contribution in [0.3, 0.4) is 0 Å². The minimum absolute atomic E-state index is 0.0304. The Labute approximate surface area is 199 Å². The van der Waals surface area contributed by atoms with Crippen LogP contribution < -0.4 is 16.4 Å². The van der Waals surface area contributed by atoms with Crippen LogP contribution in [0.2, 0.25) is 0 Å². The third-order valence-electron chi connectivity index (χ3n) is 5.06. The van der Waals surface area contributed by atoms with Crippen molar-refractivity contribution < 1.29 is 52.7 Å². The number of para-hydroxylation sites is 1. The van der Waals surface area contributed by atoms with Crippen LogP contribution in [0, 0.1) is 0 Å². The van der Waals surface area contributed by atoms with Crippen LogP contribution in [0.1, 0.15) is 22.3 Å². The van der Waals surface area contributed by atoms with Crippen molar-refractivity contribution in [2.24, 2.45) is 0 Å². The number of hydrogen-bond acceptors (Lipinski definition) is 3. The summed E-state index contributed by atoms with van der Waals surface area (Å²) in [7, 11) is 0. The summed E-state index contributed by atoms with van der Waals surface area (Å²) in [6.45, 7) is 0. The van der Waals surface area contributed by atoms with E-state index in [-0.39, 0.29) is 24.3 Å². The zero-order chi connectivity index (χ0) is 28.1. The predicted molar refractivity (Wildman–Crippen MR) is 110 cm³/mol. The van der Waals surface area contributed by atoms with E-state index in [1.54, 1.807) is 0 Å². The first-order valence-corrected chi connectivity index (χ1v) is 9.75. The number of nitrogen functional groups attached to an aromatic ring is 2. The molecular weight excluding hydrogens is 534 g/mol. The number of halogens is 12. The monoisotopic (exact) mass is 547 g/mol. The molecule has 0 saturated carbocycles. The number of nitrogens with zero attached hydrogens (tertiary/aromatic N) is 1. The summed E-state index contributed by atoms with van der Waals surface area (Å²) in [5.74, 6) is 0. The molecule has 15 heteroatoms. The Bertz CT molecular complexity index is 1210. The highest BCUT2D eigenvalue weighted by atomic mass is 19.4. The van der Waals surface area contributed by atoms with E-state index in [1.165, 1.54) is 6.07 Å². The Morgan fingerprint density at radius 2 is 0.811 bits per heavy atom. The molecule has 200 valence electrons. The van der Waals surface area contributed by atoms with Crippen LogP contribution in [-0.4, -0.2) is 0 Å². The maximum absolute atomic E-state index is 14.1. The van der Waals surface area contributed by atoms with Gasteiger partial charge in [-0.15, -0.1) is 0 Å². The molecule has 0 spiro atoms. The molecule has 0 fully saturated rings. The smallest absolute Gasteiger partial charge is 0.398 e. The molecule has 37 heavy (non-hydrogen) atoms. The van der Waals surface area contributed by atoms with Crippen LogP contribution >= 0.6 is 0 Å². The van der Waals surface area contributed by atoms with Gasteiger partial charge in [-0.05, 0) is 36.4 Å². The summed E-state index contributed by atoms with van der Waals surface area (Å²) in [6, 6.07) is 5.08. The normalized spacial score (nSPS) is 13.1. The number of nitrogens with two attached hydrogens (primary N) is 2. The summed E-state index contributed by atoms with van der Waals surface area (Å²) in [5.41, 5.74) is -6.19. The third kappa shape index (κ3) is 5.34. The molecule has 0 radical (unpaired) electrons. The van der Waals surface area contributed by atoms with Gasteiger partial charge in [0.1, 0.15) is 11.1 Å². The average molecular weight is 547 g/mol. The molecule has 0 aliphatic carbocycles. The first kappa shape index (κ1) is 27.8. The van der Waals surface area contributed by atoms with Crippen LogP contribution in [0.5, 0.6) is 0 Å². The SMILES string of the molecule is Nc1ccc(C(F)(F)F)c(N(c2ccccc2)c2c(C(F)(F)F)ccc(N)c2C(F)(F)F)c1C(F)(F)F. The van der Waals surface area contributed by atoms with E-state index in [0.717, 1.165) is 24.3 Å². The Morgan fingerprint density at radius 3 is 1.11 bits per heavy atom. The maximum Gasteiger partial charge on any atom is 0.420 e. The van der Waals surface area contributed by atoms with E-state index in [9.17, 15) is 52.7 Å². The Kier molecular flexibility index (Phi) is 6.73. The van der Waals surface area contributed by atoms with Crippen LogP contribution in [0.25, 0.3) is 0 Å². The summed E-state index contributed by atoms with van der Waals surface area (Å²) in [5, 5.41) is 0. The lowest BCUT2D eigenvalue weighted by molar-refractivity contribution is -0.142. The highest BCUT2D eigenvalue weighted by Gasteiger charge is 2.49. The van der Waals surface area contributed by atoms with Crippen LogP contribution in [0.4, 0.5) is 81.1 Å². The van der Waals surface area contributed by atoms with Crippen molar-refractivity contribution in [1.29, 1.82) is 0 Å². The van der Waals surface area contributed by atoms with Gasteiger partial charge >= 0.3 is 24.7 Å². The fourth-order valence-corrected chi connectivity index (χ4v) is 3.68. The minimum Gasteiger partial charge on any atom is -0.398 e. The van der Waals surface area contributed by atoms with Gasteiger partial charge in [-0.3, -0.25) is 0 Å². The predicted octanol–water partition coefficient (Wildman–Crippen LogP) is 8.40. The van der Waals surface area contributed by atoms with Gasteiger partial charge in [0.2, 0.25) is 0 Å². The van der Waals surface area contributed by atoms with Gasteiger partial charge in [0.25, 0.3) is 0 Å². The Balaban J connectivity index is 2.72. The molecule has 3 aromatic carbocycles. The van der Waals surface area contributed by atoms with Crippen molar-refractivity contribution in [3.8, 4) is 0 Å². The number of rotatable bonds is 3. The van der Waals surface area contributed by atoms with Crippen LogP contribution in [-0.2, 0) is 24.7 Å². The van der Waals surface area contributed by atoms with E-state index in [4.69, 9.17) is 11.5 Å². The lowest BCUT2D eigenvalue weighted by Gasteiger charge is -2.35. The molecule has 4 N–H and O–H groups in total. The summed E-state index contributed by atoms with van der Waals surface area (Å²) in [4.78, 5) is -0.413. The average Bonchev–Trinajstić information content (AvgIpc) is 2.71. The van der Waals surface area contributed by atoms with Gasteiger partial charge in [-0.2, -0.15) is 52.7 Å². The van der Waals surface area contributed by atoms with Crippen molar-refractivity contribution in [1.82, 2.24) is 0 Å². The molecule has 3 aromatic rings. The van der Waals surface area contributed by atoms with Gasteiger partial charge in [-0.25, -0.2) is 0 Å². The van der Waals surface area contributed by atoms with Crippen molar-refractivity contribution in [3.63, 3.8) is 0 Å². The lowest BCUT2D eigenvalue weighted by Crippen LogP contribution is -2.27. The fraction of sp³-hybridized carbons (Fsp3) is 0.182. The van der Waals surface area contributed by atoms with Crippen molar-refractivity contribution in [3.05, 3.63) is 76.9 Å². The maximum atomic E-state index is 14.1. The molecule has 0 aromatic heterocycles. The van der Waals surface area contributed by atoms with Gasteiger partial charge in [0.05, 0.1) is 22.5 Å². The second-order valence-electron chi connectivity index (χ2n) is 7.51. The van der Waals surface area contributed by atoms with Crippen molar-refractivity contribution >= 4 is 28.4 Å². The number of benzene rings is 3. The standard InChI is InChI=1S/C22H13F12N3/c23-19(24,25)11-6-8-13(35)15(21(29,30)31)17(11)37(10-4-2-1-3-5-10)18-12(20(26,27)28)7-9-14(36)16(18)22(32,33)34/h1-9H,35-36H2. The zero-order valence-electron chi connectivity index (χ0n) is 17.8. The Hall–Kier alpha value is -3.78. The van der Waals surface area contributed by atoms with E-state index >= 15 is 0 Å². The molecule has 3 rings (SSSR count). The summed E-state index contributed by atoms with van der Waals surface area (Å²) >= 11 is 0. The topological polar surface area (TPSA) is 55.3 Å². The van der Waals surface area contributed by atoms with Gasteiger partial charge in [-0.1, -0.05) is 18.2 Å². The third-order valence-corrected chi connectivity index (χ3v) is 5.06. The van der Waals surface area contributed by atoms with Gasteiger partial charge < -0.3 is 16.4 Å². The molecule has 3 nitrogen and oxygen atoms in total. The number of anilines is 5. The second-order valence-corrected chi connectivity index (χ2v) is 7.51. The first-order chi connectivity index (χ1) is 16.8. The summed E-state index contributed by atoms with van der Waals surface area (Å²) < 4.78 is 168. The molecule has 0 unspecified atom stereocenters. The molecule has 0 atom stereocenters. The summed E-state index contributed by atoms with van der Waals surface area (Å²) in [6.07, 6.45) is -22.8. The largest absolute Gasteiger partial charge is 0.420 e. The highest BCUT2D eigenvalue weighted by Crippen LogP contribution is 2.56. The molecule has 0 aliphatic heterocycles. The highest BCUT2D eigenvalue weighted by molar-refractivity contribution is 5.89. The Morgan fingerprint density at radius 1 is 0.459 bits per heavy atom. The molecular formula is C22H13F12N3. The van der Waals surface area contributed by atoms with E-state index in [1.807, 2.05) is 0 Å². The quantitative estimate of drug-likeness (QED) is 0.256. The zero-order valence-corrected chi connectivity index (χ0v) is 17.8. The van der Waals surface area contributed by atoms with Gasteiger partial charge in [0.15, 0.2) is 0 Å². The lowest BCUT2D eigenvalue weighted by atomic mass is 9.97. The van der Waals surface area contributed by atoms with Gasteiger partial charge in [0, 0.05) is 17.1 Å². The number of alkyl halides is 12. The minimum atomic E-state index is -5.75. The van der Waals surface area contributed by atoms with Crippen molar-refractivity contribution in [2.45, 2.75) is 24.7 Å². The van der Waals surface area contributed by atoms with E-state index in [2.05, 4.69) is 0 Å². The van der Waals surface area contributed by atoms with E-state index in [0.29, 0.717) is 0 Å². The molecule has 0 bridgehead atoms. The first-order valence-electron chi connectivity index (χ1n) is 9.75. The molecule has 0 aliphatic rings. The molecule has 0 saturated heterocycles. The molecule has 0 heterocycles. The fourth-order valence-electron chi connectivity index (χ4n) is 3.68. The van der Waals surface area contributed by atoms with E-state index < -0.39 is 80.3 Å². The van der Waals surface area contributed by atoms with Crippen LogP contribution in [0.15, 0.2) is 54.6 Å². The molecule has 0 amide bonds. The van der Waals surface area contributed by atoms with Crippen molar-refractivity contribution in [2.75, 3.05) is 16.4 Å².